The van der Waals surface area contributed by atoms with E-state index in [1.54, 1.807) is 36.7 Å². The van der Waals surface area contributed by atoms with Crippen LogP contribution in [0.15, 0.2) is 67.0 Å². The van der Waals surface area contributed by atoms with Crippen LogP contribution in [0.1, 0.15) is 11.1 Å². The van der Waals surface area contributed by atoms with E-state index in [2.05, 4.69) is 14.7 Å². The molecular formula is C19H18ClN3O2S. The molecule has 0 saturated carbocycles. The van der Waals surface area contributed by atoms with Crippen LogP contribution >= 0.6 is 11.6 Å². The lowest BCUT2D eigenvalue weighted by Gasteiger charge is -2.08. The predicted molar refractivity (Wildman–Crippen MR) is 103 cm³/mol. The number of halogens is 1. The van der Waals surface area contributed by atoms with Gasteiger partial charge in [0.25, 0.3) is 0 Å². The summed E-state index contributed by atoms with van der Waals surface area (Å²) in [5.41, 5.74) is 2.39. The second kappa shape index (κ2) is 8.40. The van der Waals surface area contributed by atoms with Gasteiger partial charge in [-0.05, 0) is 23.6 Å². The highest BCUT2D eigenvalue weighted by atomic mass is 35.5. The third-order valence-corrected chi connectivity index (χ3v) is 5.48. The number of hydrogen-bond donors (Lipinski definition) is 1. The molecule has 5 nitrogen and oxygen atoms in total. The Labute approximate surface area is 158 Å². The average molecular weight is 388 g/mol. The van der Waals surface area contributed by atoms with Crippen molar-refractivity contribution in [3.05, 3.63) is 83.1 Å². The Morgan fingerprint density at radius 3 is 2.27 bits per heavy atom. The van der Waals surface area contributed by atoms with Gasteiger partial charge in [0.2, 0.25) is 10.0 Å². The number of aromatic nitrogens is 2. The third-order valence-electron chi connectivity index (χ3n) is 3.78. The molecule has 0 unspecified atom stereocenters. The summed E-state index contributed by atoms with van der Waals surface area (Å²) in [4.78, 5) is 8.68. The van der Waals surface area contributed by atoms with Gasteiger partial charge >= 0.3 is 0 Å². The van der Waals surface area contributed by atoms with Gasteiger partial charge in [0.05, 0.1) is 5.75 Å². The summed E-state index contributed by atoms with van der Waals surface area (Å²) in [6.07, 6.45) is 3.95. The standard InChI is InChI=1S/C19H18ClN3O2S/c20-18-9-5-4-8-17(18)14-26(24,25)23-11-10-15-12-21-19(22-13-15)16-6-2-1-3-7-16/h1-9,12-13,23H,10-11,14H2. The molecule has 1 N–H and O–H groups in total. The second-order valence-electron chi connectivity index (χ2n) is 5.78. The topological polar surface area (TPSA) is 72.0 Å². The highest BCUT2D eigenvalue weighted by Gasteiger charge is 2.13. The van der Waals surface area contributed by atoms with E-state index in [1.807, 2.05) is 30.3 Å². The van der Waals surface area contributed by atoms with E-state index in [4.69, 9.17) is 11.6 Å². The molecule has 3 aromatic rings. The van der Waals surface area contributed by atoms with Crippen LogP contribution < -0.4 is 4.72 Å². The Morgan fingerprint density at radius 2 is 1.58 bits per heavy atom. The lowest BCUT2D eigenvalue weighted by Crippen LogP contribution is -2.27. The zero-order valence-corrected chi connectivity index (χ0v) is 15.5. The minimum Gasteiger partial charge on any atom is -0.236 e. The number of hydrogen-bond acceptors (Lipinski definition) is 4. The summed E-state index contributed by atoms with van der Waals surface area (Å²) < 4.78 is 26.9. The van der Waals surface area contributed by atoms with Crippen LogP contribution in [0, 0.1) is 0 Å². The van der Waals surface area contributed by atoms with Crippen molar-refractivity contribution >= 4 is 21.6 Å². The molecule has 1 heterocycles. The minimum absolute atomic E-state index is 0.143. The highest BCUT2D eigenvalue weighted by Crippen LogP contribution is 2.17. The molecule has 0 aliphatic heterocycles. The van der Waals surface area contributed by atoms with E-state index in [-0.39, 0.29) is 12.3 Å². The molecule has 0 aliphatic carbocycles. The van der Waals surface area contributed by atoms with Gasteiger partial charge in [-0.2, -0.15) is 0 Å². The predicted octanol–water partition coefficient (Wildman–Crippen LogP) is 3.46. The van der Waals surface area contributed by atoms with Crippen molar-refractivity contribution in [3.8, 4) is 11.4 Å². The summed E-state index contributed by atoms with van der Waals surface area (Å²) in [6, 6.07) is 16.6. The first-order chi connectivity index (χ1) is 12.5. The fourth-order valence-corrected chi connectivity index (χ4v) is 3.90. The van der Waals surface area contributed by atoms with E-state index in [9.17, 15) is 8.42 Å². The number of nitrogens with zero attached hydrogens (tertiary/aromatic N) is 2. The molecule has 2 aromatic carbocycles. The van der Waals surface area contributed by atoms with Crippen molar-refractivity contribution < 1.29 is 8.42 Å². The first kappa shape index (κ1) is 18.5. The second-order valence-corrected chi connectivity index (χ2v) is 7.99. The van der Waals surface area contributed by atoms with Crippen LogP contribution in [-0.4, -0.2) is 24.9 Å². The Balaban J connectivity index is 1.55. The van der Waals surface area contributed by atoms with Crippen molar-refractivity contribution in [2.24, 2.45) is 0 Å². The van der Waals surface area contributed by atoms with Crippen molar-refractivity contribution in [2.75, 3.05) is 6.54 Å². The zero-order valence-electron chi connectivity index (χ0n) is 14.0. The van der Waals surface area contributed by atoms with Crippen LogP contribution in [0.3, 0.4) is 0 Å². The molecule has 0 atom stereocenters. The van der Waals surface area contributed by atoms with Gasteiger partial charge in [-0.1, -0.05) is 60.1 Å². The summed E-state index contributed by atoms with van der Waals surface area (Å²) in [5, 5.41) is 0.447. The van der Waals surface area contributed by atoms with Gasteiger partial charge in [0, 0.05) is 29.5 Å². The number of nitrogens with one attached hydrogen (secondary N) is 1. The molecule has 0 aliphatic rings. The van der Waals surface area contributed by atoms with Crippen molar-refractivity contribution in [3.63, 3.8) is 0 Å². The molecule has 0 radical (unpaired) electrons. The SMILES string of the molecule is O=S(=O)(Cc1ccccc1Cl)NCCc1cnc(-c2ccccc2)nc1. The molecule has 0 spiro atoms. The molecule has 134 valence electrons. The summed E-state index contributed by atoms with van der Waals surface area (Å²) in [6.45, 7) is 0.279. The van der Waals surface area contributed by atoms with Crippen molar-refractivity contribution in [1.82, 2.24) is 14.7 Å². The van der Waals surface area contributed by atoms with Gasteiger partial charge in [0.15, 0.2) is 5.82 Å². The lowest BCUT2D eigenvalue weighted by atomic mass is 10.2. The van der Waals surface area contributed by atoms with E-state index < -0.39 is 10.0 Å². The summed E-state index contributed by atoms with van der Waals surface area (Å²) in [7, 11) is -3.45. The average Bonchev–Trinajstić information content (AvgIpc) is 2.65. The Hall–Kier alpha value is -2.28. The largest absolute Gasteiger partial charge is 0.236 e. The lowest BCUT2D eigenvalue weighted by molar-refractivity contribution is 0.580. The first-order valence-corrected chi connectivity index (χ1v) is 10.1. The van der Waals surface area contributed by atoms with Crippen LogP contribution in [0.5, 0.6) is 0 Å². The van der Waals surface area contributed by atoms with Crippen molar-refractivity contribution in [2.45, 2.75) is 12.2 Å². The summed E-state index contributed by atoms with van der Waals surface area (Å²) in [5.74, 6) is 0.504. The van der Waals surface area contributed by atoms with E-state index in [0.717, 1.165) is 11.1 Å². The monoisotopic (exact) mass is 387 g/mol. The van der Waals surface area contributed by atoms with E-state index in [1.165, 1.54) is 0 Å². The van der Waals surface area contributed by atoms with Crippen LogP contribution in [-0.2, 0) is 22.2 Å². The molecule has 3 rings (SSSR count). The first-order valence-electron chi connectivity index (χ1n) is 8.10. The number of sulfonamides is 1. The molecule has 7 heteroatoms. The van der Waals surface area contributed by atoms with Crippen molar-refractivity contribution in [1.29, 1.82) is 0 Å². The smallest absolute Gasteiger partial charge is 0.215 e. The molecule has 0 bridgehead atoms. The molecule has 0 amide bonds. The Kier molecular flexibility index (Phi) is 5.98. The van der Waals surface area contributed by atoms with Crippen LogP contribution in [0.4, 0.5) is 0 Å². The Bertz CT molecular complexity index is 962. The fraction of sp³-hybridized carbons (Fsp3) is 0.158. The van der Waals surface area contributed by atoms with Gasteiger partial charge in [-0.25, -0.2) is 23.1 Å². The molecule has 0 fully saturated rings. The van der Waals surface area contributed by atoms with Crippen LogP contribution in [0.2, 0.25) is 5.02 Å². The minimum atomic E-state index is -3.45. The molecule has 26 heavy (non-hydrogen) atoms. The van der Waals surface area contributed by atoms with Gasteiger partial charge in [0.1, 0.15) is 0 Å². The molecular weight excluding hydrogens is 370 g/mol. The van der Waals surface area contributed by atoms with E-state index in [0.29, 0.717) is 22.8 Å². The number of benzene rings is 2. The normalized spacial score (nSPS) is 11.4. The zero-order chi connectivity index (χ0) is 18.4. The van der Waals surface area contributed by atoms with Gasteiger partial charge < -0.3 is 0 Å². The van der Waals surface area contributed by atoms with Gasteiger partial charge in [-0.3, -0.25) is 0 Å². The fourth-order valence-electron chi connectivity index (χ4n) is 2.44. The van der Waals surface area contributed by atoms with E-state index >= 15 is 0 Å². The van der Waals surface area contributed by atoms with Crippen LogP contribution in [0.25, 0.3) is 11.4 Å². The quantitative estimate of drug-likeness (QED) is 0.673. The molecule has 0 saturated heterocycles. The molecule has 1 aromatic heterocycles. The highest BCUT2D eigenvalue weighted by molar-refractivity contribution is 7.88. The summed E-state index contributed by atoms with van der Waals surface area (Å²) >= 11 is 6.02. The number of rotatable bonds is 7. The maximum Gasteiger partial charge on any atom is 0.215 e. The third kappa shape index (κ3) is 5.11. The maximum absolute atomic E-state index is 12.2. The maximum atomic E-state index is 12.2. The Morgan fingerprint density at radius 1 is 0.923 bits per heavy atom. The van der Waals surface area contributed by atoms with Gasteiger partial charge in [-0.15, -0.1) is 0 Å².